The van der Waals surface area contributed by atoms with Gasteiger partial charge in [-0.2, -0.15) is 0 Å². The van der Waals surface area contributed by atoms with E-state index in [4.69, 9.17) is 0 Å². The lowest BCUT2D eigenvalue weighted by atomic mass is 10.2. The molecule has 0 spiro atoms. The van der Waals surface area contributed by atoms with Crippen molar-refractivity contribution in [1.82, 2.24) is 14.5 Å². The summed E-state index contributed by atoms with van der Waals surface area (Å²) in [7, 11) is 0. The number of rotatable bonds is 8. The van der Waals surface area contributed by atoms with E-state index >= 15 is 0 Å². The highest BCUT2D eigenvalue weighted by molar-refractivity contribution is 5.79. The number of benzene rings is 2. The number of unbranched alkanes of at least 4 members (excludes halogenated alkanes) is 2. The monoisotopic (exact) mass is 381 g/mol. The number of para-hydroxylation sites is 1. The molecule has 28 heavy (non-hydrogen) atoms. The average Bonchev–Trinajstić information content (AvgIpc) is 2.71. The van der Waals surface area contributed by atoms with Gasteiger partial charge >= 0.3 is 0 Å². The van der Waals surface area contributed by atoms with Crippen LogP contribution in [0.4, 0.5) is 4.39 Å². The third-order valence-electron chi connectivity index (χ3n) is 4.71. The zero-order valence-electron chi connectivity index (χ0n) is 16.0. The predicted molar refractivity (Wildman–Crippen MR) is 107 cm³/mol. The minimum Gasteiger partial charge on any atom is -0.337 e. The van der Waals surface area contributed by atoms with E-state index < -0.39 is 0 Å². The highest BCUT2D eigenvalue weighted by Gasteiger charge is 2.16. The van der Waals surface area contributed by atoms with Gasteiger partial charge in [-0.3, -0.25) is 14.2 Å². The van der Waals surface area contributed by atoms with Gasteiger partial charge in [-0.25, -0.2) is 9.37 Å². The summed E-state index contributed by atoms with van der Waals surface area (Å²) in [6.45, 7) is 3.02. The standard InChI is InChI=1S/C22H24FN3O2/c1-2-3-6-13-25(14-17-9-11-18(23)12-10-17)21(27)15-26-16-24-20-8-5-4-7-19(20)22(26)28/h4-5,7-12,16H,2-3,6,13-15H2,1H3. The Morgan fingerprint density at radius 2 is 1.86 bits per heavy atom. The SMILES string of the molecule is CCCCCN(Cc1ccc(F)cc1)C(=O)Cn1cnc2ccccc2c1=O. The van der Waals surface area contributed by atoms with E-state index in [1.165, 1.54) is 23.0 Å². The molecule has 0 aliphatic carbocycles. The van der Waals surface area contributed by atoms with Gasteiger partial charge in [0.25, 0.3) is 5.56 Å². The van der Waals surface area contributed by atoms with Gasteiger partial charge in [0.15, 0.2) is 0 Å². The Labute approximate surface area is 163 Å². The third kappa shape index (κ3) is 4.82. The first-order chi connectivity index (χ1) is 13.6. The van der Waals surface area contributed by atoms with E-state index in [1.54, 1.807) is 35.2 Å². The molecule has 1 amide bonds. The molecule has 0 radical (unpaired) electrons. The zero-order chi connectivity index (χ0) is 19.9. The van der Waals surface area contributed by atoms with Crippen molar-refractivity contribution in [2.45, 2.75) is 39.3 Å². The smallest absolute Gasteiger partial charge is 0.261 e. The molecule has 3 aromatic rings. The highest BCUT2D eigenvalue weighted by atomic mass is 19.1. The van der Waals surface area contributed by atoms with Crippen molar-refractivity contribution in [3.8, 4) is 0 Å². The zero-order valence-corrected chi connectivity index (χ0v) is 16.0. The number of carbonyl (C=O) groups excluding carboxylic acids is 1. The fraction of sp³-hybridized carbons (Fsp3) is 0.318. The average molecular weight is 381 g/mol. The van der Waals surface area contributed by atoms with Crippen molar-refractivity contribution in [1.29, 1.82) is 0 Å². The predicted octanol–water partition coefficient (Wildman–Crippen LogP) is 3.75. The minimum atomic E-state index is -0.304. The lowest BCUT2D eigenvalue weighted by Crippen LogP contribution is -2.37. The second-order valence-corrected chi connectivity index (χ2v) is 6.84. The van der Waals surface area contributed by atoms with Crippen LogP contribution in [0.2, 0.25) is 0 Å². The minimum absolute atomic E-state index is 0.0655. The van der Waals surface area contributed by atoms with Crippen LogP contribution in [0.1, 0.15) is 31.7 Å². The maximum Gasteiger partial charge on any atom is 0.261 e. The lowest BCUT2D eigenvalue weighted by Gasteiger charge is -2.23. The maximum absolute atomic E-state index is 13.2. The van der Waals surface area contributed by atoms with Crippen LogP contribution in [0, 0.1) is 5.82 Å². The summed E-state index contributed by atoms with van der Waals surface area (Å²) in [4.78, 5) is 31.6. The molecule has 2 aromatic carbocycles. The van der Waals surface area contributed by atoms with Crippen LogP contribution in [0.15, 0.2) is 59.7 Å². The number of fused-ring (bicyclic) bond motifs is 1. The van der Waals surface area contributed by atoms with Crippen LogP contribution >= 0.6 is 0 Å². The van der Waals surface area contributed by atoms with E-state index in [-0.39, 0.29) is 23.8 Å². The molecule has 0 aliphatic rings. The Balaban J connectivity index is 1.79. The van der Waals surface area contributed by atoms with Crippen LogP contribution in [-0.2, 0) is 17.9 Å². The molecular formula is C22H24FN3O2. The number of hydrogen-bond acceptors (Lipinski definition) is 3. The molecule has 0 fully saturated rings. The number of hydrogen-bond donors (Lipinski definition) is 0. The molecule has 5 nitrogen and oxygen atoms in total. The first kappa shape index (κ1) is 19.7. The highest BCUT2D eigenvalue weighted by Crippen LogP contribution is 2.10. The summed E-state index contributed by atoms with van der Waals surface area (Å²) < 4.78 is 14.5. The van der Waals surface area contributed by atoms with E-state index in [2.05, 4.69) is 11.9 Å². The molecule has 1 heterocycles. The topological polar surface area (TPSA) is 55.2 Å². The van der Waals surface area contributed by atoms with Crippen LogP contribution < -0.4 is 5.56 Å². The summed E-state index contributed by atoms with van der Waals surface area (Å²) in [5, 5.41) is 0.494. The Bertz CT molecular complexity index is 999. The number of halogens is 1. The van der Waals surface area contributed by atoms with Crippen molar-refractivity contribution in [3.05, 3.63) is 76.6 Å². The van der Waals surface area contributed by atoms with Gasteiger partial charge in [0.1, 0.15) is 12.4 Å². The van der Waals surface area contributed by atoms with Crippen molar-refractivity contribution in [2.75, 3.05) is 6.54 Å². The van der Waals surface area contributed by atoms with Gasteiger partial charge in [0, 0.05) is 13.1 Å². The number of amides is 1. The molecule has 0 N–H and O–H groups in total. The Kier molecular flexibility index (Phi) is 6.53. The summed E-state index contributed by atoms with van der Waals surface area (Å²) in [5.41, 5.74) is 1.24. The van der Waals surface area contributed by atoms with Crippen molar-refractivity contribution < 1.29 is 9.18 Å². The number of carbonyl (C=O) groups is 1. The molecule has 0 atom stereocenters. The molecule has 0 aliphatic heterocycles. The molecule has 146 valence electrons. The molecule has 0 saturated carbocycles. The van der Waals surface area contributed by atoms with Crippen LogP contribution in [0.25, 0.3) is 10.9 Å². The molecule has 0 unspecified atom stereocenters. The largest absolute Gasteiger partial charge is 0.337 e. The third-order valence-corrected chi connectivity index (χ3v) is 4.71. The van der Waals surface area contributed by atoms with Gasteiger partial charge in [-0.15, -0.1) is 0 Å². The maximum atomic E-state index is 13.2. The Hall–Kier alpha value is -3.02. The summed E-state index contributed by atoms with van der Waals surface area (Å²) in [6, 6.07) is 13.2. The van der Waals surface area contributed by atoms with E-state index in [9.17, 15) is 14.0 Å². The first-order valence-electron chi connectivity index (χ1n) is 9.55. The lowest BCUT2D eigenvalue weighted by molar-refractivity contribution is -0.132. The molecule has 0 saturated heterocycles. The van der Waals surface area contributed by atoms with Gasteiger partial charge in [-0.05, 0) is 36.2 Å². The number of aromatic nitrogens is 2. The molecule has 6 heteroatoms. The number of nitrogens with zero attached hydrogens (tertiary/aromatic N) is 3. The van der Waals surface area contributed by atoms with E-state index in [0.29, 0.717) is 24.0 Å². The Morgan fingerprint density at radius 3 is 2.61 bits per heavy atom. The summed E-state index contributed by atoms with van der Waals surface area (Å²) >= 11 is 0. The molecular weight excluding hydrogens is 357 g/mol. The van der Waals surface area contributed by atoms with Crippen molar-refractivity contribution >= 4 is 16.8 Å². The fourth-order valence-corrected chi connectivity index (χ4v) is 3.12. The van der Waals surface area contributed by atoms with Gasteiger partial charge < -0.3 is 4.90 Å². The van der Waals surface area contributed by atoms with Crippen LogP contribution in [0.5, 0.6) is 0 Å². The molecule has 0 bridgehead atoms. The fourth-order valence-electron chi connectivity index (χ4n) is 3.12. The van der Waals surface area contributed by atoms with Gasteiger partial charge in [0.05, 0.1) is 17.2 Å². The molecule has 1 aromatic heterocycles. The quantitative estimate of drug-likeness (QED) is 0.559. The van der Waals surface area contributed by atoms with Crippen LogP contribution in [-0.4, -0.2) is 26.9 Å². The van der Waals surface area contributed by atoms with Crippen LogP contribution in [0.3, 0.4) is 0 Å². The van der Waals surface area contributed by atoms with Crippen molar-refractivity contribution in [3.63, 3.8) is 0 Å². The first-order valence-corrected chi connectivity index (χ1v) is 9.55. The van der Waals surface area contributed by atoms with Crippen molar-refractivity contribution in [2.24, 2.45) is 0 Å². The second kappa shape index (κ2) is 9.26. The van der Waals surface area contributed by atoms with E-state index in [0.717, 1.165) is 24.8 Å². The van der Waals surface area contributed by atoms with Gasteiger partial charge in [-0.1, -0.05) is 44.0 Å². The second-order valence-electron chi connectivity index (χ2n) is 6.84. The normalized spacial score (nSPS) is 10.9. The summed E-state index contributed by atoms with van der Waals surface area (Å²) in [6.07, 6.45) is 4.37. The van der Waals surface area contributed by atoms with E-state index in [1.807, 2.05) is 6.07 Å². The summed E-state index contributed by atoms with van der Waals surface area (Å²) in [5.74, 6) is -0.457. The Morgan fingerprint density at radius 1 is 1.11 bits per heavy atom. The van der Waals surface area contributed by atoms with Gasteiger partial charge in [0.2, 0.25) is 5.91 Å². The molecule has 3 rings (SSSR count).